The number of nitrogens with one attached hydrogen (secondary N) is 2. The molecule has 1 aliphatic carbocycles. The van der Waals surface area contributed by atoms with Crippen LogP contribution in [0, 0.1) is 5.92 Å². The number of ether oxygens (including phenoxy) is 1. The fourth-order valence-corrected chi connectivity index (χ4v) is 3.36. The molecule has 1 unspecified atom stereocenters. The molecule has 2 rings (SSSR count). The molecule has 1 fully saturated rings. The summed E-state index contributed by atoms with van der Waals surface area (Å²) in [5.41, 5.74) is 0.822. The Balaban J connectivity index is 1.92. The second kappa shape index (κ2) is 10.3. The van der Waals surface area contributed by atoms with E-state index in [1.165, 1.54) is 32.1 Å². The van der Waals surface area contributed by atoms with Gasteiger partial charge in [0, 0.05) is 12.6 Å². The minimum Gasteiger partial charge on any atom is -0.497 e. The highest BCUT2D eigenvalue weighted by Crippen LogP contribution is 2.26. The van der Waals surface area contributed by atoms with E-state index in [9.17, 15) is 5.11 Å². The van der Waals surface area contributed by atoms with Gasteiger partial charge in [0.1, 0.15) is 5.75 Å². The lowest BCUT2D eigenvalue weighted by molar-refractivity contribution is 0.186. The summed E-state index contributed by atoms with van der Waals surface area (Å²) in [6, 6.07) is 7.99. The van der Waals surface area contributed by atoms with Crippen LogP contribution in [0.2, 0.25) is 0 Å². The maximum absolute atomic E-state index is 10.4. The molecule has 0 aliphatic heterocycles. The molecular formula is C20H33N3O2. The van der Waals surface area contributed by atoms with Gasteiger partial charge in [-0.15, -0.1) is 0 Å². The molecule has 1 aromatic rings. The van der Waals surface area contributed by atoms with Crippen LogP contribution >= 0.6 is 0 Å². The Labute approximate surface area is 151 Å². The molecule has 140 valence electrons. The molecule has 0 saturated heterocycles. The second-order valence-corrected chi connectivity index (χ2v) is 6.78. The van der Waals surface area contributed by atoms with Crippen molar-refractivity contribution in [3.05, 3.63) is 29.8 Å². The predicted octanol–water partition coefficient (Wildman–Crippen LogP) is 3.25. The van der Waals surface area contributed by atoms with E-state index >= 15 is 0 Å². The molecule has 0 bridgehead atoms. The van der Waals surface area contributed by atoms with Gasteiger partial charge >= 0.3 is 0 Å². The van der Waals surface area contributed by atoms with Gasteiger partial charge < -0.3 is 20.5 Å². The molecule has 1 aromatic carbocycles. The van der Waals surface area contributed by atoms with E-state index in [2.05, 4.69) is 29.5 Å². The molecule has 1 atom stereocenters. The lowest BCUT2D eigenvalue weighted by Gasteiger charge is -2.29. The third kappa shape index (κ3) is 6.24. The molecule has 0 aromatic heterocycles. The van der Waals surface area contributed by atoms with Crippen LogP contribution in [0.5, 0.6) is 5.75 Å². The average molecular weight is 348 g/mol. The van der Waals surface area contributed by atoms with Crippen LogP contribution in [0.4, 0.5) is 0 Å². The highest BCUT2D eigenvalue weighted by Gasteiger charge is 2.20. The molecule has 25 heavy (non-hydrogen) atoms. The Morgan fingerprint density at radius 2 is 2.04 bits per heavy atom. The van der Waals surface area contributed by atoms with Crippen LogP contribution < -0.4 is 15.4 Å². The summed E-state index contributed by atoms with van der Waals surface area (Å²) in [4.78, 5) is 4.58. The SMILES string of the molecule is CCNC(=NCC(O)c1cccc(OC)c1)NC1CCC(CC)CC1. The van der Waals surface area contributed by atoms with Crippen LogP contribution in [0.3, 0.4) is 0 Å². The van der Waals surface area contributed by atoms with E-state index in [1.807, 2.05) is 24.3 Å². The zero-order chi connectivity index (χ0) is 18.1. The maximum atomic E-state index is 10.4. The molecule has 1 aliphatic rings. The molecule has 0 heterocycles. The average Bonchev–Trinajstić information content (AvgIpc) is 2.66. The number of nitrogens with zero attached hydrogens (tertiary/aromatic N) is 1. The van der Waals surface area contributed by atoms with Crippen LogP contribution in [-0.4, -0.2) is 37.3 Å². The summed E-state index contributed by atoms with van der Waals surface area (Å²) in [7, 11) is 1.63. The van der Waals surface area contributed by atoms with Crippen molar-refractivity contribution in [2.24, 2.45) is 10.9 Å². The zero-order valence-electron chi connectivity index (χ0n) is 15.8. The lowest BCUT2D eigenvalue weighted by Crippen LogP contribution is -2.45. The van der Waals surface area contributed by atoms with Crippen molar-refractivity contribution >= 4 is 5.96 Å². The third-order valence-corrected chi connectivity index (χ3v) is 5.01. The topological polar surface area (TPSA) is 65.9 Å². The number of benzene rings is 1. The summed E-state index contributed by atoms with van der Waals surface area (Å²) in [6.45, 7) is 5.48. The quantitative estimate of drug-likeness (QED) is 0.523. The van der Waals surface area contributed by atoms with Gasteiger partial charge in [0.2, 0.25) is 0 Å². The summed E-state index contributed by atoms with van der Waals surface area (Å²) >= 11 is 0. The van der Waals surface area contributed by atoms with Gasteiger partial charge in [-0.1, -0.05) is 25.5 Å². The van der Waals surface area contributed by atoms with Crippen LogP contribution in [-0.2, 0) is 0 Å². The van der Waals surface area contributed by atoms with E-state index in [4.69, 9.17) is 4.74 Å². The van der Waals surface area contributed by atoms with Gasteiger partial charge in [0.15, 0.2) is 5.96 Å². The first-order valence-corrected chi connectivity index (χ1v) is 9.53. The van der Waals surface area contributed by atoms with Crippen molar-refractivity contribution in [1.82, 2.24) is 10.6 Å². The zero-order valence-corrected chi connectivity index (χ0v) is 15.8. The minimum atomic E-state index is -0.638. The van der Waals surface area contributed by atoms with Gasteiger partial charge in [-0.2, -0.15) is 0 Å². The Morgan fingerprint density at radius 3 is 2.68 bits per heavy atom. The highest BCUT2D eigenvalue weighted by molar-refractivity contribution is 5.80. The molecule has 1 saturated carbocycles. The van der Waals surface area contributed by atoms with Crippen molar-refractivity contribution in [1.29, 1.82) is 0 Å². The van der Waals surface area contributed by atoms with Crippen LogP contribution in [0.25, 0.3) is 0 Å². The fraction of sp³-hybridized carbons (Fsp3) is 0.650. The monoisotopic (exact) mass is 347 g/mol. The molecular weight excluding hydrogens is 314 g/mol. The normalized spacial score (nSPS) is 22.3. The van der Waals surface area contributed by atoms with Crippen molar-refractivity contribution in [2.75, 3.05) is 20.2 Å². The Kier molecular flexibility index (Phi) is 8.06. The van der Waals surface area contributed by atoms with E-state index in [0.29, 0.717) is 12.6 Å². The van der Waals surface area contributed by atoms with Crippen LogP contribution in [0.15, 0.2) is 29.3 Å². The summed E-state index contributed by atoms with van der Waals surface area (Å²) in [5, 5.41) is 17.2. The van der Waals surface area contributed by atoms with Gasteiger partial charge in [0.05, 0.1) is 19.8 Å². The standard InChI is InChI=1S/C20H33N3O2/c1-4-15-9-11-17(12-10-15)23-20(21-5-2)22-14-19(24)16-7-6-8-18(13-16)25-3/h6-8,13,15,17,19,24H,4-5,9-12,14H2,1-3H3,(H2,21,22,23). The van der Waals surface area contributed by atoms with Gasteiger partial charge in [-0.3, -0.25) is 4.99 Å². The number of aliphatic imine (C=N–C) groups is 1. The third-order valence-electron chi connectivity index (χ3n) is 5.01. The number of methoxy groups -OCH3 is 1. The maximum Gasteiger partial charge on any atom is 0.191 e. The highest BCUT2D eigenvalue weighted by atomic mass is 16.5. The number of hydrogen-bond donors (Lipinski definition) is 3. The molecule has 5 heteroatoms. The largest absolute Gasteiger partial charge is 0.497 e. The minimum absolute atomic E-state index is 0.326. The summed E-state index contributed by atoms with van der Waals surface area (Å²) < 4.78 is 5.22. The fourth-order valence-electron chi connectivity index (χ4n) is 3.36. The number of aliphatic hydroxyl groups excluding tert-OH is 1. The van der Waals surface area contributed by atoms with Crippen molar-refractivity contribution in [2.45, 2.75) is 58.1 Å². The number of aliphatic hydroxyl groups is 1. The summed E-state index contributed by atoms with van der Waals surface area (Å²) in [6.07, 6.45) is 5.62. The first kappa shape index (κ1) is 19.6. The van der Waals surface area contributed by atoms with E-state index in [0.717, 1.165) is 29.7 Å². The molecule has 3 N–H and O–H groups in total. The molecule has 0 amide bonds. The lowest BCUT2D eigenvalue weighted by atomic mass is 9.84. The number of guanidine groups is 1. The van der Waals surface area contributed by atoms with Crippen molar-refractivity contribution in [3.63, 3.8) is 0 Å². The van der Waals surface area contributed by atoms with E-state index < -0.39 is 6.10 Å². The second-order valence-electron chi connectivity index (χ2n) is 6.78. The van der Waals surface area contributed by atoms with Crippen molar-refractivity contribution < 1.29 is 9.84 Å². The Bertz CT molecular complexity index is 539. The molecule has 0 spiro atoms. The Morgan fingerprint density at radius 1 is 1.28 bits per heavy atom. The number of hydrogen-bond acceptors (Lipinski definition) is 3. The van der Waals surface area contributed by atoms with Crippen LogP contribution in [0.1, 0.15) is 57.6 Å². The van der Waals surface area contributed by atoms with Crippen molar-refractivity contribution in [3.8, 4) is 5.75 Å². The van der Waals surface area contributed by atoms with E-state index in [-0.39, 0.29) is 0 Å². The van der Waals surface area contributed by atoms with E-state index in [1.54, 1.807) is 7.11 Å². The predicted molar refractivity (Wildman–Crippen MR) is 103 cm³/mol. The van der Waals surface area contributed by atoms with Gasteiger partial charge in [0.25, 0.3) is 0 Å². The number of rotatable bonds is 7. The first-order valence-electron chi connectivity index (χ1n) is 9.53. The molecule has 5 nitrogen and oxygen atoms in total. The summed E-state index contributed by atoms with van der Waals surface area (Å²) in [5.74, 6) is 2.43. The van der Waals surface area contributed by atoms with Gasteiger partial charge in [-0.05, 0) is 56.2 Å². The molecule has 0 radical (unpaired) electrons. The Hall–Kier alpha value is -1.75. The smallest absolute Gasteiger partial charge is 0.191 e. The first-order chi connectivity index (χ1) is 12.2. The van der Waals surface area contributed by atoms with Gasteiger partial charge in [-0.25, -0.2) is 0 Å².